The van der Waals surface area contributed by atoms with Gasteiger partial charge in [-0.05, 0) is 25.0 Å². The van der Waals surface area contributed by atoms with E-state index in [2.05, 4.69) is 9.97 Å². The number of carbonyl (C=O) groups is 1. The van der Waals surface area contributed by atoms with Gasteiger partial charge < -0.3 is 9.88 Å². The SMILES string of the molecule is CN(C(=O)c1ccc2[nH]cnc2c1F)C1CCN(CC(F)(F)F)CC1. The number of halogens is 4. The van der Waals surface area contributed by atoms with Crippen molar-refractivity contribution in [3.63, 3.8) is 0 Å². The maximum Gasteiger partial charge on any atom is 0.401 e. The summed E-state index contributed by atoms with van der Waals surface area (Å²) in [5, 5.41) is 0. The molecule has 1 aromatic carbocycles. The Balaban J connectivity index is 1.67. The van der Waals surface area contributed by atoms with Gasteiger partial charge in [0, 0.05) is 26.2 Å². The number of hydrogen-bond donors (Lipinski definition) is 1. The van der Waals surface area contributed by atoms with Gasteiger partial charge in [0.05, 0.1) is 24.0 Å². The fraction of sp³-hybridized carbons (Fsp3) is 0.500. The molecule has 1 aliphatic rings. The highest BCUT2D eigenvalue weighted by Gasteiger charge is 2.34. The van der Waals surface area contributed by atoms with Crippen molar-refractivity contribution in [2.24, 2.45) is 0 Å². The summed E-state index contributed by atoms with van der Waals surface area (Å²) < 4.78 is 51.8. The van der Waals surface area contributed by atoms with E-state index in [4.69, 9.17) is 0 Å². The van der Waals surface area contributed by atoms with Crippen molar-refractivity contribution < 1.29 is 22.4 Å². The second-order valence-corrected chi connectivity index (χ2v) is 6.26. The molecule has 25 heavy (non-hydrogen) atoms. The van der Waals surface area contributed by atoms with Crippen LogP contribution in [-0.2, 0) is 0 Å². The van der Waals surface area contributed by atoms with Crippen molar-refractivity contribution in [1.82, 2.24) is 19.8 Å². The van der Waals surface area contributed by atoms with Crippen molar-refractivity contribution in [2.45, 2.75) is 25.1 Å². The number of H-pyrrole nitrogens is 1. The molecule has 3 rings (SSSR count). The number of aromatic amines is 1. The Morgan fingerprint density at radius 1 is 1.36 bits per heavy atom. The molecule has 9 heteroatoms. The maximum absolute atomic E-state index is 14.5. The van der Waals surface area contributed by atoms with Crippen LogP contribution in [0.25, 0.3) is 11.0 Å². The minimum absolute atomic E-state index is 0.0835. The number of rotatable bonds is 3. The molecule has 1 saturated heterocycles. The number of hydrogen-bond acceptors (Lipinski definition) is 3. The summed E-state index contributed by atoms with van der Waals surface area (Å²) in [6.07, 6.45) is -2.03. The maximum atomic E-state index is 14.5. The van der Waals surface area contributed by atoms with E-state index in [1.54, 1.807) is 13.1 Å². The molecule has 5 nitrogen and oxygen atoms in total. The molecule has 0 aliphatic carbocycles. The summed E-state index contributed by atoms with van der Waals surface area (Å²) in [5.41, 5.74) is 0.510. The normalized spacial score (nSPS) is 17.2. The van der Waals surface area contributed by atoms with Gasteiger partial charge >= 0.3 is 6.18 Å². The number of nitrogens with zero attached hydrogens (tertiary/aromatic N) is 3. The molecular weight excluding hydrogens is 340 g/mol. The Morgan fingerprint density at radius 3 is 2.68 bits per heavy atom. The Hall–Kier alpha value is -2.16. The van der Waals surface area contributed by atoms with Crippen LogP contribution in [0.4, 0.5) is 17.6 Å². The lowest BCUT2D eigenvalue weighted by molar-refractivity contribution is -0.148. The predicted molar refractivity (Wildman–Crippen MR) is 83.7 cm³/mol. The fourth-order valence-electron chi connectivity index (χ4n) is 3.21. The van der Waals surface area contributed by atoms with E-state index in [0.717, 1.165) is 0 Å². The van der Waals surface area contributed by atoms with Crippen LogP contribution in [0.2, 0.25) is 0 Å². The van der Waals surface area contributed by atoms with Crippen molar-refractivity contribution in [3.05, 3.63) is 29.8 Å². The number of amides is 1. The van der Waals surface area contributed by atoms with Crippen molar-refractivity contribution in [3.8, 4) is 0 Å². The number of nitrogens with one attached hydrogen (secondary N) is 1. The number of likely N-dealkylation sites (tertiary alicyclic amines) is 1. The second kappa shape index (κ2) is 6.62. The molecule has 0 atom stereocenters. The molecule has 0 bridgehead atoms. The third-order valence-corrected chi connectivity index (χ3v) is 4.59. The number of alkyl halides is 3. The molecule has 1 aromatic heterocycles. The van der Waals surface area contributed by atoms with Crippen LogP contribution in [0.15, 0.2) is 18.5 Å². The monoisotopic (exact) mass is 358 g/mol. The molecule has 0 radical (unpaired) electrons. The average Bonchev–Trinajstić information content (AvgIpc) is 3.03. The highest BCUT2D eigenvalue weighted by Crippen LogP contribution is 2.24. The van der Waals surface area contributed by atoms with Crippen LogP contribution >= 0.6 is 0 Å². The van der Waals surface area contributed by atoms with E-state index in [-0.39, 0.29) is 30.2 Å². The van der Waals surface area contributed by atoms with Crippen molar-refractivity contribution in [1.29, 1.82) is 0 Å². The van der Waals surface area contributed by atoms with Crippen LogP contribution in [0.3, 0.4) is 0 Å². The highest BCUT2D eigenvalue weighted by molar-refractivity contribution is 5.97. The molecule has 2 aromatic rings. The minimum Gasteiger partial charge on any atom is -0.345 e. The number of imidazole rings is 1. The number of benzene rings is 1. The van der Waals surface area contributed by atoms with Gasteiger partial charge in [-0.2, -0.15) is 13.2 Å². The van der Waals surface area contributed by atoms with Gasteiger partial charge in [0.2, 0.25) is 0 Å². The smallest absolute Gasteiger partial charge is 0.345 e. The van der Waals surface area contributed by atoms with Crippen molar-refractivity contribution in [2.75, 3.05) is 26.7 Å². The first-order chi connectivity index (χ1) is 11.8. The zero-order valence-electron chi connectivity index (χ0n) is 13.6. The highest BCUT2D eigenvalue weighted by atomic mass is 19.4. The van der Waals surface area contributed by atoms with Gasteiger partial charge in [0.15, 0.2) is 5.82 Å². The lowest BCUT2D eigenvalue weighted by atomic mass is 10.0. The Morgan fingerprint density at radius 2 is 2.04 bits per heavy atom. The second-order valence-electron chi connectivity index (χ2n) is 6.26. The van der Waals surface area contributed by atoms with Crippen LogP contribution < -0.4 is 0 Å². The third-order valence-electron chi connectivity index (χ3n) is 4.59. The molecule has 1 aliphatic heterocycles. The molecule has 0 saturated carbocycles. The average molecular weight is 358 g/mol. The van der Waals surface area contributed by atoms with Gasteiger partial charge in [-0.25, -0.2) is 9.37 Å². The quantitative estimate of drug-likeness (QED) is 0.859. The Bertz CT molecular complexity index is 765. The van der Waals surface area contributed by atoms with E-state index in [9.17, 15) is 22.4 Å². The minimum atomic E-state index is -4.23. The van der Waals surface area contributed by atoms with E-state index < -0.39 is 24.4 Å². The topological polar surface area (TPSA) is 52.2 Å². The van der Waals surface area contributed by atoms with Crippen LogP contribution in [0, 0.1) is 5.82 Å². The lowest BCUT2D eigenvalue weighted by Gasteiger charge is -2.37. The Labute approximate surface area is 141 Å². The van der Waals surface area contributed by atoms with Crippen LogP contribution in [-0.4, -0.2) is 64.6 Å². The van der Waals surface area contributed by atoms with Crippen LogP contribution in [0.5, 0.6) is 0 Å². The predicted octanol–water partition coefficient (Wildman–Crippen LogP) is 2.80. The van der Waals surface area contributed by atoms with Gasteiger partial charge in [-0.15, -0.1) is 0 Å². The Kier molecular flexibility index (Phi) is 4.68. The molecule has 2 heterocycles. The largest absolute Gasteiger partial charge is 0.401 e. The van der Waals surface area contributed by atoms with E-state index >= 15 is 0 Å². The first kappa shape index (κ1) is 17.7. The van der Waals surface area contributed by atoms with Crippen molar-refractivity contribution >= 4 is 16.9 Å². The molecule has 136 valence electrons. The first-order valence-electron chi connectivity index (χ1n) is 7.94. The van der Waals surface area contributed by atoms with E-state index in [1.807, 2.05) is 0 Å². The number of piperidine rings is 1. The van der Waals surface area contributed by atoms with Gasteiger partial charge in [-0.1, -0.05) is 0 Å². The number of carbonyl (C=O) groups excluding carboxylic acids is 1. The summed E-state index contributed by atoms with van der Waals surface area (Å²) >= 11 is 0. The molecule has 1 N–H and O–H groups in total. The number of aromatic nitrogens is 2. The third kappa shape index (κ3) is 3.76. The standard InChI is InChI=1S/C16H18F4N4O/c1-23(10-4-6-24(7-5-10)8-16(18,19)20)15(25)11-2-3-12-14(13(11)17)22-9-21-12/h2-3,9-10H,4-8H2,1H3,(H,21,22). The molecule has 0 unspecified atom stereocenters. The summed E-state index contributed by atoms with van der Waals surface area (Å²) in [4.78, 5) is 22.0. The van der Waals surface area contributed by atoms with Gasteiger partial charge in [0.1, 0.15) is 5.52 Å². The van der Waals surface area contributed by atoms with Gasteiger partial charge in [-0.3, -0.25) is 9.69 Å². The zero-order valence-corrected chi connectivity index (χ0v) is 13.6. The lowest BCUT2D eigenvalue weighted by Crippen LogP contribution is -2.47. The summed E-state index contributed by atoms with van der Waals surface area (Å²) in [6, 6.07) is 2.76. The summed E-state index contributed by atoms with van der Waals surface area (Å²) in [5.74, 6) is -1.18. The first-order valence-corrected chi connectivity index (χ1v) is 7.94. The zero-order chi connectivity index (χ0) is 18.2. The molecular formula is C16H18F4N4O. The molecule has 1 fully saturated rings. The van der Waals surface area contributed by atoms with E-state index in [0.29, 0.717) is 18.4 Å². The fourth-order valence-corrected chi connectivity index (χ4v) is 3.21. The van der Waals surface area contributed by atoms with Crippen LogP contribution in [0.1, 0.15) is 23.2 Å². The summed E-state index contributed by atoms with van der Waals surface area (Å²) in [7, 11) is 1.56. The van der Waals surface area contributed by atoms with Gasteiger partial charge in [0.25, 0.3) is 5.91 Å². The molecule has 1 amide bonds. The van der Waals surface area contributed by atoms with E-state index in [1.165, 1.54) is 22.2 Å². The molecule has 0 spiro atoms. The number of fused-ring (bicyclic) bond motifs is 1. The summed E-state index contributed by atoms with van der Waals surface area (Å²) in [6.45, 7) is -0.437.